The van der Waals surface area contributed by atoms with Crippen LogP contribution in [-0.2, 0) is 28.9 Å². The summed E-state index contributed by atoms with van der Waals surface area (Å²) in [6.45, 7) is 5.11. The average Bonchev–Trinajstić information content (AvgIpc) is 3.57. The second-order valence-electron chi connectivity index (χ2n) is 15.2. The smallest absolute Gasteiger partial charge is 0.407 e. The molecule has 304 valence electrons. The number of unbranched alkanes of at least 4 members (excludes halogenated alkanes) is 4. The van der Waals surface area contributed by atoms with Crippen LogP contribution in [0.25, 0.3) is 11.1 Å². The molecule has 6 rings (SSSR count). The van der Waals surface area contributed by atoms with Crippen LogP contribution >= 0.6 is 0 Å². The van der Waals surface area contributed by atoms with Gasteiger partial charge in [-0.15, -0.1) is 0 Å². The number of benzene rings is 5. The number of fused-ring (bicyclic) bond motifs is 3. The molecule has 0 aliphatic heterocycles. The van der Waals surface area contributed by atoms with Crippen LogP contribution in [0.15, 0.2) is 109 Å². The van der Waals surface area contributed by atoms with Crippen LogP contribution < -0.4 is 24.8 Å². The van der Waals surface area contributed by atoms with Gasteiger partial charge in [0, 0.05) is 24.5 Å². The molecule has 0 heterocycles. The van der Waals surface area contributed by atoms with Crippen LogP contribution in [0.1, 0.15) is 103 Å². The lowest BCUT2D eigenvalue weighted by Crippen LogP contribution is -2.29. The monoisotopic (exact) mass is 782 g/mol. The molecule has 0 spiro atoms. The zero-order valence-electron chi connectivity index (χ0n) is 34.5. The molecule has 0 aromatic heterocycles. The molecule has 0 saturated heterocycles. The number of amides is 2. The van der Waals surface area contributed by atoms with Gasteiger partial charge in [0.1, 0.15) is 23.9 Å². The van der Waals surface area contributed by atoms with Crippen LogP contribution in [0.2, 0.25) is 0 Å². The summed E-state index contributed by atoms with van der Waals surface area (Å²) in [6.07, 6.45) is 8.11. The van der Waals surface area contributed by atoms with Crippen molar-refractivity contribution in [2.24, 2.45) is 0 Å². The van der Waals surface area contributed by atoms with E-state index < -0.39 is 6.09 Å². The van der Waals surface area contributed by atoms with E-state index in [9.17, 15) is 9.59 Å². The molecule has 5 aromatic rings. The Morgan fingerprint density at radius 2 is 1.36 bits per heavy atom. The quantitative estimate of drug-likeness (QED) is 0.0720. The Bertz CT molecular complexity index is 2020. The highest BCUT2D eigenvalue weighted by Crippen LogP contribution is 2.44. The molecule has 1 aliphatic rings. The number of hydrogen-bond donors (Lipinski definition) is 2. The second kappa shape index (κ2) is 21.1. The van der Waals surface area contributed by atoms with E-state index in [1.807, 2.05) is 24.3 Å². The molecule has 58 heavy (non-hydrogen) atoms. The molecular formula is C50H58N2O6. The fourth-order valence-electron chi connectivity index (χ4n) is 7.76. The molecule has 1 atom stereocenters. The molecule has 1 unspecified atom stereocenters. The topological polar surface area (TPSA) is 95.1 Å². The normalized spacial score (nSPS) is 12.3. The lowest BCUT2D eigenvalue weighted by Gasteiger charge is -2.20. The molecule has 0 fully saturated rings. The van der Waals surface area contributed by atoms with Gasteiger partial charge in [0.2, 0.25) is 5.91 Å². The van der Waals surface area contributed by atoms with Crippen molar-refractivity contribution in [3.8, 4) is 28.4 Å². The van der Waals surface area contributed by atoms with E-state index in [0.717, 1.165) is 29.5 Å². The maximum Gasteiger partial charge on any atom is 0.407 e. The Labute approximate surface area is 344 Å². The van der Waals surface area contributed by atoms with Gasteiger partial charge in [-0.3, -0.25) is 4.79 Å². The summed E-state index contributed by atoms with van der Waals surface area (Å²) in [5, 5.41) is 6.17. The Kier molecular flexibility index (Phi) is 15.2. The van der Waals surface area contributed by atoms with E-state index in [1.54, 1.807) is 26.4 Å². The highest BCUT2D eigenvalue weighted by molar-refractivity contribution is 5.79. The van der Waals surface area contributed by atoms with Crippen molar-refractivity contribution in [1.29, 1.82) is 0 Å². The van der Waals surface area contributed by atoms with Gasteiger partial charge >= 0.3 is 6.09 Å². The number of ether oxygens (including phenoxy) is 4. The lowest BCUT2D eigenvalue weighted by atomic mass is 9.96. The van der Waals surface area contributed by atoms with Crippen LogP contribution in [0, 0.1) is 6.92 Å². The van der Waals surface area contributed by atoms with Crippen molar-refractivity contribution in [3.63, 3.8) is 0 Å². The van der Waals surface area contributed by atoms with Gasteiger partial charge in [-0.05, 0) is 78.0 Å². The minimum absolute atomic E-state index is 0.0229. The van der Waals surface area contributed by atoms with E-state index in [4.69, 9.17) is 18.9 Å². The summed E-state index contributed by atoms with van der Waals surface area (Å²) >= 11 is 0. The van der Waals surface area contributed by atoms with Crippen LogP contribution in [0.3, 0.4) is 0 Å². The largest absolute Gasteiger partial charge is 0.496 e. The third-order valence-electron chi connectivity index (χ3n) is 11.0. The minimum Gasteiger partial charge on any atom is -0.496 e. The number of hydrogen-bond acceptors (Lipinski definition) is 6. The maximum atomic E-state index is 13.2. The molecule has 8 heteroatoms. The zero-order valence-corrected chi connectivity index (χ0v) is 34.5. The number of rotatable bonds is 21. The van der Waals surface area contributed by atoms with Gasteiger partial charge in [0.15, 0.2) is 0 Å². The van der Waals surface area contributed by atoms with Crippen molar-refractivity contribution in [2.75, 3.05) is 27.4 Å². The summed E-state index contributed by atoms with van der Waals surface area (Å²) in [7, 11) is 3.14. The van der Waals surface area contributed by atoms with Gasteiger partial charge in [0.25, 0.3) is 0 Å². The molecular weight excluding hydrogens is 725 g/mol. The van der Waals surface area contributed by atoms with Crippen molar-refractivity contribution in [1.82, 2.24) is 10.6 Å². The van der Waals surface area contributed by atoms with E-state index in [0.29, 0.717) is 48.7 Å². The molecule has 8 nitrogen and oxygen atoms in total. The van der Waals surface area contributed by atoms with Crippen molar-refractivity contribution in [3.05, 3.63) is 148 Å². The first-order chi connectivity index (χ1) is 28.4. The summed E-state index contributed by atoms with van der Waals surface area (Å²) in [6, 6.07) is 37.3. The molecule has 2 amide bonds. The molecule has 5 aromatic carbocycles. The summed E-state index contributed by atoms with van der Waals surface area (Å²) in [4.78, 5) is 26.2. The first kappa shape index (κ1) is 41.9. The number of carbonyl (C=O) groups is 2. The molecule has 0 saturated carbocycles. The lowest BCUT2D eigenvalue weighted by molar-refractivity contribution is -0.122. The minimum atomic E-state index is -0.525. The number of methoxy groups -OCH3 is 2. The average molecular weight is 783 g/mol. The summed E-state index contributed by atoms with van der Waals surface area (Å²) in [5.41, 5.74) is 10.2. The van der Waals surface area contributed by atoms with Crippen LogP contribution in [0.4, 0.5) is 4.79 Å². The Hall–Kier alpha value is -5.76. The Morgan fingerprint density at radius 1 is 0.724 bits per heavy atom. The van der Waals surface area contributed by atoms with Crippen LogP contribution in [-0.4, -0.2) is 39.4 Å². The van der Waals surface area contributed by atoms with Crippen molar-refractivity contribution >= 4 is 12.0 Å². The van der Waals surface area contributed by atoms with E-state index in [-0.39, 0.29) is 31.0 Å². The SMILES string of the molecule is CCCCCCc1ccc(CC(NC(=O)CCCCOc2cc(OC)c(CNC(=O)OCC3c4ccccc4-c4ccccc43)c(OC)c2)c2ccc(C)cc2)cc1. The number of aryl methyl sites for hydroxylation is 2. The summed E-state index contributed by atoms with van der Waals surface area (Å²) < 4.78 is 23.2. The highest BCUT2D eigenvalue weighted by Gasteiger charge is 2.29. The molecule has 1 aliphatic carbocycles. The molecule has 0 radical (unpaired) electrons. The number of alkyl carbamates (subject to hydrolysis) is 1. The first-order valence-electron chi connectivity index (χ1n) is 20.8. The first-order valence-corrected chi connectivity index (χ1v) is 20.8. The van der Waals surface area contributed by atoms with E-state index >= 15 is 0 Å². The maximum absolute atomic E-state index is 13.2. The zero-order chi connectivity index (χ0) is 40.7. The Morgan fingerprint density at radius 3 is 2.00 bits per heavy atom. The fourth-order valence-corrected chi connectivity index (χ4v) is 7.76. The van der Waals surface area contributed by atoms with Gasteiger partial charge in [-0.1, -0.05) is 129 Å². The standard InChI is InChI=1S/C50H58N2O6/c1-5-6-7-8-15-36-23-25-37(26-24-36)30-46(38-27-21-35(2)22-28-38)52-49(53)20-13-14-29-57-39-31-47(55-3)44(48(32-39)56-4)33-51-50(54)58-34-45-42-18-11-9-16-40(42)41-17-10-12-19-43(41)45/h9-12,16-19,21-28,31-32,45-46H,5-8,13-15,20,29-30,33-34H2,1-4H3,(H,51,54)(H,52,53). The highest BCUT2D eigenvalue weighted by atomic mass is 16.5. The number of carbonyl (C=O) groups excluding carboxylic acids is 2. The predicted molar refractivity (Wildman–Crippen MR) is 231 cm³/mol. The van der Waals surface area contributed by atoms with Crippen LogP contribution in [0.5, 0.6) is 17.2 Å². The third-order valence-corrected chi connectivity index (χ3v) is 11.0. The van der Waals surface area contributed by atoms with Gasteiger partial charge in [-0.2, -0.15) is 0 Å². The molecule has 2 N–H and O–H groups in total. The van der Waals surface area contributed by atoms with E-state index in [2.05, 4.69) is 97.3 Å². The van der Waals surface area contributed by atoms with Gasteiger partial charge in [0.05, 0.1) is 39.0 Å². The predicted octanol–water partition coefficient (Wildman–Crippen LogP) is 10.8. The van der Waals surface area contributed by atoms with Gasteiger partial charge in [-0.25, -0.2) is 4.79 Å². The van der Waals surface area contributed by atoms with Gasteiger partial charge < -0.3 is 29.6 Å². The van der Waals surface area contributed by atoms with E-state index in [1.165, 1.54) is 53.5 Å². The fraction of sp³-hybridized carbons (Fsp3) is 0.360. The molecule has 0 bridgehead atoms. The summed E-state index contributed by atoms with van der Waals surface area (Å²) in [5.74, 6) is 1.62. The van der Waals surface area contributed by atoms with Crippen molar-refractivity contribution < 1.29 is 28.5 Å². The number of nitrogens with one attached hydrogen (secondary N) is 2. The van der Waals surface area contributed by atoms with Crippen molar-refractivity contribution in [2.45, 2.75) is 90.1 Å². The second-order valence-corrected chi connectivity index (χ2v) is 15.2. The third kappa shape index (κ3) is 11.2. The Balaban J connectivity index is 0.964.